The predicted molar refractivity (Wildman–Crippen MR) is 49.6 cm³/mol. The Bertz CT molecular complexity index is 258. The maximum atomic E-state index is 5.75. The van der Waals surface area contributed by atoms with Crippen molar-refractivity contribution in [3.63, 3.8) is 0 Å². The molecule has 0 spiro atoms. The van der Waals surface area contributed by atoms with Crippen LogP contribution < -0.4 is 9.47 Å². The lowest BCUT2D eigenvalue weighted by atomic mass is 10.3. The molecule has 0 fully saturated rings. The van der Waals surface area contributed by atoms with Crippen LogP contribution in [0.4, 0.5) is 0 Å². The third-order valence-corrected chi connectivity index (χ3v) is 2.15. The molecule has 0 amide bonds. The average Bonchev–Trinajstić information content (AvgIpc) is 2.09. The largest absolute Gasteiger partial charge is 0.493 e. The molecule has 0 aliphatic rings. The van der Waals surface area contributed by atoms with Gasteiger partial charge >= 0.3 is 0 Å². The summed E-state index contributed by atoms with van der Waals surface area (Å²) in [4.78, 5) is 0. The van der Waals surface area contributed by atoms with Gasteiger partial charge in [-0.1, -0.05) is 23.2 Å². The topological polar surface area (TPSA) is 18.5 Å². The van der Waals surface area contributed by atoms with Crippen molar-refractivity contribution in [3.05, 3.63) is 22.2 Å². The summed E-state index contributed by atoms with van der Waals surface area (Å²) in [6.45, 7) is 0. The minimum Gasteiger partial charge on any atom is -0.493 e. The van der Waals surface area contributed by atoms with Crippen LogP contribution in [0.3, 0.4) is 0 Å². The number of ether oxygens (including phenoxy) is 2. The van der Waals surface area contributed by atoms with E-state index in [9.17, 15) is 0 Å². The second-order valence-electron chi connectivity index (χ2n) is 2.12. The van der Waals surface area contributed by atoms with E-state index in [2.05, 4.69) is 0 Å². The molecule has 12 heavy (non-hydrogen) atoms. The Balaban J connectivity index is 3.19. The van der Waals surface area contributed by atoms with Crippen molar-refractivity contribution in [3.8, 4) is 11.5 Å². The van der Waals surface area contributed by atoms with Gasteiger partial charge in [-0.3, -0.25) is 0 Å². The summed E-state index contributed by atoms with van der Waals surface area (Å²) >= 11 is 11.5. The van der Waals surface area contributed by atoms with E-state index < -0.39 is 0 Å². The summed E-state index contributed by atoms with van der Waals surface area (Å²) in [5.74, 6) is 1.15. The summed E-state index contributed by atoms with van der Waals surface area (Å²) in [6, 6.07) is 3.23. The van der Waals surface area contributed by atoms with Crippen molar-refractivity contribution in [2.75, 3.05) is 14.2 Å². The van der Waals surface area contributed by atoms with Gasteiger partial charge in [-0.15, -0.1) is 0 Å². The van der Waals surface area contributed by atoms with E-state index >= 15 is 0 Å². The minimum atomic E-state index is 0.453. The zero-order valence-corrected chi connectivity index (χ0v) is 8.24. The van der Waals surface area contributed by atoms with E-state index in [4.69, 9.17) is 32.7 Å². The van der Waals surface area contributed by atoms with Crippen LogP contribution in [0, 0.1) is 0 Å². The van der Waals surface area contributed by atoms with Gasteiger partial charge in [0.2, 0.25) is 0 Å². The van der Waals surface area contributed by atoms with Crippen molar-refractivity contribution in [1.82, 2.24) is 0 Å². The molecule has 4 heteroatoms. The Labute approximate surface area is 81.0 Å². The lowest BCUT2D eigenvalue weighted by Gasteiger charge is -2.07. The molecule has 0 aliphatic heterocycles. The first-order valence-electron chi connectivity index (χ1n) is 3.26. The van der Waals surface area contributed by atoms with Crippen molar-refractivity contribution in [2.45, 2.75) is 0 Å². The molecule has 0 saturated carbocycles. The average molecular weight is 207 g/mol. The van der Waals surface area contributed by atoms with Crippen LogP contribution in [0.5, 0.6) is 11.5 Å². The highest BCUT2D eigenvalue weighted by Gasteiger charge is 2.07. The fourth-order valence-electron chi connectivity index (χ4n) is 0.829. The smallest absolute Gasteiger partial charge is 0.162 e. The molecular formula is C8H8Cl2O2. The molecule has 66 valence electrons. The van der Waals surface area contributed by atoms with E-state index in [0.29, 0.717) is 21.5 Å². The zero-order chi connectivity index (χ0) is 9.14. The Kier molecular flexibility index (Phi) is 3.06. The van der Waals surface area contributed by atoms with Gasteiger partial charge < -0.3 is 9.47 Å². The highest BCUT2D eigenvalue weighted by atomic mass is 35.5. The van der Waals surface area contributed by atoms with Crippen LogP contribution >= 0.6 is 23.2 Å². The molecule has 0 bridgehead atoms. The number of halogens is 2. The Morgan fingerprint density at radius 2 is 1.25 bits per heavy atom. The van der Waals surface area contributed by atoms with Gasteiger partial charge in [-0.25, -0.2) is 0 Å². The Morgan fingerprint density at radius 3 is 1.50 bits per heavy atom. The van der Waals surface area contributed by atoms with Gasteiger partial charge in [0.15, 0.2) is 11.5 Å². The third kappa shape index (κ3) is 1.76. The number of rotatable bonds is 2. The summed E-state index contributed by atoms with van der Waals surface area (Å²) in [5.41, 5.74) is 0. The zero-order valence-electron chi connectivity index (χ0n) is 6.73. The number of benzene rings is 1. The molecule has 1 aromatic carbocycles. The molecular weight excluding hydrogens is 199 g/mol. The minimum absolute atomic E-state index is 0.453. The van der Waals surface area contributed by atoms with Crippen molar-refractivity contribution in [2.24, 2.45) is 0 Å². The van der Waals surface area contributed by atoms with E-state index in [1.807, 2.05) is 0 Å². The monoisotopic (exact) mass is 206 g/mol. The molecule has 1 aromatic rings. The molecule has 0 saturated heterocycles. The Hall–Kier alpha value is -0.600. The fourth-order valence-corrected chi connectivity index (χ4v) is 1.14. The van der Waals surface area contributed by atoms with Gasteiger partial charge in [0.25, 0.3) is 0 Å². The molecule has 0 aromatic heterocycles. The van der Waals surface area contributed by atoms with Crippen LogP contribution in [0.25, 0.3) is 0 Å². The van der Waals surface area contributed by atoms with Gasteiger partial charge in [0.05, 0.1) is 24.3 Å². The van der Waals surface area contributed by atoms with E-state index in [-0.39, 0.29) is 0 Å². The van der Waals surface area contributed by atoms with Crippen LogP contribution in [-0.2, 0) is 0 Å². The SMILES string of the molecule is COc1cc(Cl)c(Cl)cc1OC. The van der Waals surface area contributed by atoms with Gasteiger partial charge in [0, 0.05) is 12.1 Å². The molecule has 2 nitrogen and oxygen atoms in total. The lowest BCUT2D eigenvalue weighted by Crippen LogP contribution is -1.90. The second-order valence-corrected chi connectivity index (χ2v) is 2.94. The van der Waals surface area contributed by atoms with Crippen LogP contribution in [0.15, 0.2) is 12.1 Å². The normalized spacial score (nSPS) is 9.67. The van der Waals surface area contributed by atoms with Crippen molar-refractivity contribution < 1.29 is 9.47 Å². The van der Waals surface area contributed by atoms with E-state index in [1.165, 1.54) is 0 Å². The van der Waals surface area contributed by atoms with Gasteiger partial charge in [0.1, 0.15) is 0 Å². The van der Waals surface area contributed by atoms with Crippen molar-refractivity contribution >= 4 is 23.2 Å². The summed E-state index contributed by atoms with van der Waals surface area (Å²) in [7, 11) is 3.09. The van der Waals surface area contributed by atoms with Crippen LogP contribution in [-0.4, -0.2) is 14.2 Å². The van der Waals surface area contributed by atoms with Gasteiger partial charge in [-0.2, -0.15) is 0 Å². The summed E-state index contributed by atoms with van der Waals surface area (Å²) in [5, 5.41) is 0.906. The van der Waals surface area contributed by atoms with E-state index in [0.717, 1.165) is 0 Å². The Morgan fingerprint density at radius 1 is 0.917 bits per heavy atom. The number of methoxy groups -OCH3 is 2. The summed E-state index contributed by atoms with van der Waals surface area (Å²) < 4.78 is 10.0. The quantitative estimate of drug-likeness (QED) is 0.741. The standard InChI is InChI=1S/C8H8Cl2O2/c1-11-7-3-5(9)6(10)4-8(7)12-2/h3-4H,1-2H3. The fraction of sp³-hybridized carbons (Fsp3) is 0.250. The first kappa shape index (κ1) is 9.49. The van der Waals surface area contributed by atoms with E-state index in [1.54, 1.807) is 26.4 Å². The predicted octanol–water partition coefficient (Wildman–Crippen LogP) is 3.01. The lowest BCUT2D eigenvalue weighted by molar-refractivity contribution is 0.355. The molecule has 0 unspecified atom stereocenters. The maximum absolute atomic E-state index is 5.75. The maximum Gasteiger partial charge on any atom is 0.162 e. The number of hydrogen-bond donors (Lipinski definition) is 0. The first-order chi connectivity index (χ1) is 5.69. The molecule has 1 rings (SSSR count). The first-order valence-corrected chi connectivity index (χ1v) is 4.01. The molecule has 0 atom stereocenters. The molecule has 0 N–H and O–H groups in total. The van der Waals surface area contributed by atoms with Crippen molar-refractivity contribution in [1.29, 1.82) is 0 Å². The highest BCUT2D eigenvalue weighted by molar-refractivity contribution is 6.42. The number of hydrogen-bond acceptors (Lipinski definition) is 2. The van der Waals surface area contributed by atoms with Crippen LogP contribution in [0.1, 0.15) is 0 Å². The molecule has 0 aliphatic carbocycles. The highest BCUT2D eigenvalue weighted by Crippen LogP contribution is 2.35. The summed E-state index contributed by atoms with van der Waals surface area (Å²) in [6.07, 6.45) is 0. The second kappa shape index (κ2) is 3.87. The van der Waals surface area contributed by atoms with Gasteiger partial charge in [-0.05, 0) is 0 Å². The molecule has 0 radical (unpaired) electrons. The van der Waals surface area contributed by atoms with Crippen LogP contribution in [0.2, 0.25) is 10.0 Å². The third-order valence-electron chi connectivity index (χ3n) is 1.43. The molecule has 0 heterocycles.